The average Bonchev–Trinajstić information content (AvgIpc) is 3.02. The van der Waals surface area contributed by atoms with Gasteiger partial charge in [0, 0.05) is 44.8 Å². The molecule has 2 rings (SSSR count). The molecule has 27 heavy (non-hydrogen) atoms. The molecule has 0 aromatic carbocycles. The Balaban J connectivity index is 1.92. The van der Waals surface area contributed by atoms with E-state index in [-0.39, 0.29) is 18.4 Å². The number of rotatable bonds is 5. The maximum atomic E-state index is 12.6. The molecule has 1 aliphatic heterocycles. The summed E-state index contributed by atoms with van der Waals surface area (Å²) in [4.78, 5) is 32.7. The van der Waals surface area contributed by atoms with Crippen LogP contribution in [-0.4, -0.2) is 71.7 Å². The van der Waals surface area contributed by atoms with Gasteiger partial charge < -0.3 is 20.4 Å². The number of amides is 2. The minimum atomic E-state index is -0.413. The van der Waals surface area contributed by atoms with Crippen molar-refractivity contribution in [3.05, 3.63) is 12.4 Å². The molecule has 1 saturated heterocycles. The lowest BCUT2D eigenvalue weighted by molar-refractivity contribution is -0.128. The van der Waals surface area contributed by atoms with Crippen LogP contribution < -0.4 is 15.5 Å². The van der Waals surface area contributed by atoms with E-state index in [1.165, 1.54) is 0 Å². The van der Waals surface area contributed by atoms with Gasteiger partial charge in [0.15, 0.2) is 5.96 Å². The largest absolute Gasteiger partial charge is 0.357 e. The third kappa shape index (κ3) is 5.70. The van der Waals surface area contributed by atoms with Gasteiger partial charge >= 0.3 is 0 Å². The Labute approximate surface area is 160 Å². The molecule has 0 unspecified atom stereocenters. The minimum Gasteiger partial charge on any atom is -0.357 e. The zero-order chi connectivity index (χ0) is 20.0. The van der Waals surface area contributed by atoms with E-state index in [0.29, 0.717) is 38.7 Å². The fourth-order valence-corrected chi connectivity index (χ4v) is 2.70. The molecule has 0 radical (unpaired) electrons. The number of aryl methyl sites for hydroxylation is 1. The van der Waals surface area contributed by atoms with E-state index < -0.39 is 5.41 Å². The highest BCUT2D eigenvalue weighted by Crippen LogP contribution is 2.16. The molecule has 0 spiro atoms. The minimum absolute atomic E-state index is 0.00274. The predicted octanol–water partition coefficient (Wildman–Crippen LogP) is 0.197. The highest BCUT2D eigenvalue weighted by atomic mass is 16.2. The molecule has 9 heteroatoms. The number of carbonyl (C=O) groups excluding carboxylic acids is 2. The van der Waals surface area contributed by atoms with E-state index in [0.717, 1.165) is 5.69 Å². The number of nitrogens with zero attached hydrogens (tertiary/aromatic N) is 5. The Morgan fingerprint density at radius 2 is 2.04 bits per heavy atom. The van der Waals surface area contributed by atoms with Crippen LogP contribution in [0.3, 0.4) is 0 Å². The van der Waals surface area contributed by atoms with Crippen molar-refractivity contribution in [1.82, 2.24) is 25.3 Å². The summed E-state index contributed by atoms with van der Waals surface area (Å²) >= 11 is 0. The molecule has 0 atom stereocenters. The van der Waals surface area contributed by atoms with Crippen LogP contribution >= 0.6 is 0 Å². The second kappa shape index (κ2) is 8.88. The molecule has 1 aliphatic rings. The quantitative estimate of drug-likeness (QED) is 0.434. The third-order valence-corrected chi connectivity index (χ3v) is 4.20. The van der Waals surface area contributed by atoms with Crippen LogP contribution in [0.1, 0.15) is 27.7 Å². The summed E-state index contributed by atoms with van der Waals surface area (Å²) in [6.45, 7) is 10.8. The fraction of sp³-hybridized carbons (Fsp3) is 0.667. The van der Waals surface area contributed by atoms with Gasteiger partial charge in [-0.2, -0.15) is 5.10 Å². The van der Waals surface area contributed by atoms with Crippen LogP contribution in [0, 0.1) is 5.41 Å². The Hall–Kier alpha value is -2.58. The summed E-state index contributed by atoms with van der Waals surface area (Å²) in [5, 5.41) is 10.2. The van der Waals surface area contributed by atoms with Crippen LogP contribution in [0.5, 0.6) is 0 Å². The summed E-state index contributed by atoms with van der Waals surface area (Å²) in [6, 6.07) is 0. The van der Waals surface area contributed by atoms with Gasteiger partial charge in [0.2, 0.25) is 11.8 Å². The van der Waals surface area contributed by atoms with Crippen molar-refractivity contribution in [3.63, 3.8) is 0 Å². The fourth-order valence-electron chi connectivity index (χ4n) is 2.70. The van der Waals surface area contributed by atoms with Gasteiger partial charge in [-0.25, -0.2) is 0 Å². The number of nitrogens with one attached hydrogen (secondary N) is 2. The van der Waals surface area contributed by atoms with Crippen LogP contribution in [0.15, 0.2) is 17.4 Å². The van der Waals surface area contributed by atoms with Gasteiger partial charge in [0.05, 0.1) is 18.4 Å². The maximum absolute atomic E-state index is 12.6. The highest BCUT2D eigenvalue weighted by Gasteiger charge is 2.27. The van der Waals surface area contributed by atoms with Crippen molar-refractivity contribution < 1.29 is 9.59 Å². The van der Waals surface area contributed by atoms with Crippen molar-refractivity contribution in [1.29, 1.82) is 0 Å². The van der Waals surface area contributed by atoms with E-state index in [1.54, 1.807) is 15.8 Å². The molecular weight excluding hydrogens is 346 g/mol. The molecule has 2 amide bonds. The first kappa shape index (κ1) is 20.7. The van der Waals surface area contributed by atoms with Gasteiger partial charge in [-0.3, -0.25) is 19.3 Å². The SMILES string of the molecule is CCNC(=NCCNC(=O)C(C)(C)C)N1CCN(c2cnn(C)c2)C(=O)C1. The molecule has 0 saturated carbocycles. The molecule has 1 fully saturated rings. The van der Waals surface area contributed by atoms with E-state index in [4.69, 9.17) is 0 Å². The van der Waals surface area contributed by atoms with Crippen LogP contribution in [0.25, 0.3) is 0 Å². The zero-order valence-electron chi connectivity index (χ0n) is 16.9. The van der Waals surface area contributed by atoms with Crippen LogP contribution in [0.4, 0.5) is 5.69 Å². The van der Waals surface area contributed by atoms with Gasteiger partial charge in [-0.1, -0.05) is 20.8 Å². The molecule has 150 valence electrons. The Morgan fingerprint density at radius 1 is 1.30 bits per heavy atom. The van der Waals surface area contributed by atoms with Crippen molar-refractivity contribution in [2.24, 2.45) is 17.5 Å². The Kier molecular flexibility index (Phi) is 6.81. The standard InChI is InChI=1S/C18H31N7O2/c1-6-19-17(21-8-7-20-16(27)18(2,3)4)24-9-10-25(15(26)13-24)14-11-22-23(5)12-14/h11-12H,6-10,13H2,1-5H3,(H,19,21)(H,20,27). The van der Waals surface area contributed by atoms with E-state index in [1.807, 2.05) is 45.8 Å². The number of aromatic nitrogens is 2. The second-order valence-electron chi connectivity index (χ2n) is 7.58. The molecule has 2 heterocycles. The summed E-state index contributed by atoms with van der Waals surface area (Å²) in [5.41, 5.74) is 0.400. The summed E-state index contributed by atoms with van der Waals surface area (Å²) < 4.78 is 1.69. The Bertz CT molecular complexity index is 690. The monoisotopic (exact) mass is 377 g/mol. The molecule has 1 aromatic rings. The lowest BCUT2D eigenvalue weighted by Gasteiger charge is -2.35. The van der Waals surface area contributed by atoms with E-state index in [2.05, 4.69) is 20.7 Å². The lowest BCUT2D eigenvalue weighted by atomic mass is 9.96. The molecule has 0 aliphatic carbocycles. The highest BCUT2D eigenvalue weighted by molar-refractivity contribution is 5.98. The number of piperazine rings is 1. The van der Waals surface area contributed by atoms with Crippen LogP contribution in [0.2, 0.25) is 0 Å². The number of aliphatic imine (C=N–C) groups is 1. The number of guanidine groups is 1. The summed E-state index contributed by atoms with van der Waals surface area (Å²) in [6.07, 6.45) is 3.54. The van der Waals surface area contributed by atoms with E-state index in [9.17, 15) is 9.59 Å². The average molecular weight is 377 g/mol. The van der Waals surface area contributed by atoms with Crippen molar-refractivity contribution in [3.8, 4) is 0 Å². The number of hydrogen-bond donors (Lipinski definition) is 2. The zero-order valence-corrected chi connectivity index (χ0v) is 16.9. The van der Waals surface area contributed by atoms with E-state index >= 15 is 0 Å². The summed E-state index contributed by atoms with van der Waals surface area (Å²) in [7, 11) is 1.83. The first-order valence-electron chi connectivity index (χ1n) is 9.33. The first-order valence-corrected chi connectivity index (χ1v) is 9.33. The molecule has 1 aromatic heterocycles. The molecule has 9 nitrogen and oxygen atoms in total. The van der Waals surface area contributed by atoms with Crippen molar-refractivity contribution >= 4 is 23.5 Å². The van der Waals surface area contributed by atoms with Crippen molar-refractivity contribution in [2.45, 2.75) is 27.7 Å². The molecule has 2 N–H and O–H groups in total. The van der Waals surface area contributed by atoms with Gasteiger partial charge in [-0.05, 0) is 6.92 Å². The number of carbonyl (C=O) groups is 2. The smallest absolute Gasteiger partial charge is 0.246 e. The van der Waals surface area contributed by atoms with Gasteiger partial charge in [0.1, 0.15) is 6.54 Å². The number of anilines is 1. The predicted molar refractivity (Wildman–Crippen MR) is 106 cm³/mol. The lowest BCUT2D eigenvalue weighted by Crippen LogP contribution is -2.55. The topological polar surface area (TPSA) is 94.9 Å². The van der Waals surface area contributed by atoms with Gasteiger partial charge in [-0.15, -0.1) is 0 Å². The molecule has 0 bridgehead atoms. The first-order chi connectivity index (χ1) is 12.7. The van der Waals surface area contributed by atoms with Crippen molar-refractivity contribution in [2.75, 3.05) is 44.2 Å². The van der Waals surface area contributed by atoms with Crippen LogP contribution in [-0.2, 0) is 16.6 Å². The summed E-state index contributed by atoms with van der Waals surface area (Å²) in [5.74, 6) is 0.713. The maximum Gasteiger partial charge on any atom is 0.246 e. The Morgan fingerprint density at radius 3 is 2.59 bits per heavy atom. The second-order valence-corrected chi connectivity index (χ2v) is 7.58. The number of hydrogen-bond acceptors (Lipinski definition) is 4. The molecular formula is C18H31N7O2. The normalized spacial score (nSPS) is 15.9. The van der Waals surface area contributed by atoms with Gasteiger partial charge in [0.25, 0.3) is 0 Å². The third-order valence-electron chi connectivity index (χ3n) is 4.20.